The largest absolute Gasteiger partial charge is 0.506 e. The van der Waals surface area contributed by atoms with Crippen LogP contribution in [0.4, 0.5) is 0 Å². The van der Waals surface area contributed by atoms with Crippen molar-refractivity contribution in [2.45, 2.75) is 88.1 Å². The van der Waals surface area contributed by atoms with Gasteiger partial charge in [0.25, 0.3) is 0 Å². The molecule has 6 amide bonds. The van der Waals surface area contributed by atoms with Crippen LogP contribution in [0.2, 0.25) is 0 Å². The number of pyridine rings is 1. The molecule has 5 rings (SSSR count). The lowest BCUT2D eigenvalue weighted by atomic mass is 10.0. The number of nitrogens with zero attached hydrogens (tertiary/aromatic N) is 2. The van der Waals surface area contributed by atoms with Crippen molar-refractivity contribution >= 4 is 46.3 Å². The van der Waals surface area contributed by atoms with E-state index in [0.717, 1.165) is 16.5 Å². The van der Waals surface area contributed by atoms with Crippen LogP contribution in [0.1, 0.15) is 48.7 Å². The van der Waals surface area contributed by atoms with Gasteiger partial charge in [-0.2, -0.15) is 0 Å². The molecular weight excluding hydrogens is 797 g/mol. The summed E-state index contributed by atoms with van der Waals surface area (Å²) < 4.78 is 0. The smallest absolute Gasteiger partial charge is 0.243 e. The van der Waals surface area contributed by atoms with Crippen molar-refractivity contribution in [1.29, 1.82) is 0 Å². The zero-order valence-electron chi connectivity index (χ0n) is 34.3. The average Bonchev–Trinajstić information content (AvgIpc) is 3.93. The molecule has 19 heteroatoms. The normalized spacial score (nSPS) is 14.0. The van der Waals surface area contributed by atoms with Gasteiger partial charge in [0.15, 0.2) is 0 Å². The van der Waals surface area contributed by atoms with Gasteiger partial charge in [-0.15, -0.1) is 0 Å². The Morgan fingerprint density at radius 2 is 1.34 bits per heavy atom. The Bertz CT molecular complexity index is 2270. The molecule has 0 bridgehead atoms. The number of aromatic nitrogens is 4. The predicted molar refractivity (Wildman–Crippen MR) is 229 cm³/mol. The summed E-state index contributed by atoms with van der Waals surface area (Å²) in [6.07, 6.45) is 7.29. The number of rotatable bonds is 23. The van der Waals surface area contributed by atoms with Crippen LogP contribution < -0.4 is 43.8 Å². The zero-order chi connectivity index (χ0) is 44.6. The molecule has 3 aromatic heterocycles. The van der Waals surface area contributed by atoms with Crippen LogP contribution in [0, 0.1) is 0 Å². The molecular formula is C43H54N12O7. The van der Waals surface area contributed by atoms with E-state index >= 15 is 0 Å². The number of carbonyl (C=O) groups excluding carboxylic acids is 6. The minimum absolute atomic E-state index is 0.0202. The first-order valence-electron chi connectivity index (χ1n) is 20.3. The first-order chi connectivity index (χ1) is 29.8. The molecule has 0 aliphatic rings. The van der Waals surface area contributed by atoms with Gasteiger partial charge in [0.05, 0.1) is 18.6 Å². The molecule has 3 heterocycles. The van der Waals surface area contributed by atoms with Crippen molar-refractivity contribution < 1.29 is 33.9 Å². The highest BCUT2D eigenvalue weighted by atomic mass is 16.3. The molecule has 0 fully saturated rings. The van der Waals surface area contributed by atoms with E-state index in [9.17, 15) is 33.9 Å². The molecule has 62 heavy (non-hydrogen) atoms. The summed E-state index contributed by atoms with van der Waals surface area (Å²) in [5.74, 6) is -4.42. The number of unbranched alkanes of at least 4 members (excludes halogenated alkanes) is 1. The molecule has 14 N–H and O–H groups in total. The number of carbonyl (C=O) groups is 6. The van der Waals surface area contributed by atoms with Crippen LogP contribution in [0.25, 0.3) is 10.9 Å². The number of aromatic amines is 2. The van der Waals surface area contributed by atoms with Crippen molar-refractivity contribution in [3.63, 3.8) is 0 Å². The highest BCUT2D eigenvalue weighted by Crippen LogP contribution is 2.19. The number of benzene rings is 2. The number of primary amides is 1. The maximum absolute atomic E-state index is 14.2. The van der Waals surface area contributed by atoms with Crippen molar-refractivity contribution in [1.82, 2.24) is 46.5 Å². The van der Waals surface area contributed by atoms with Gasteiger partial charge in [-0.1, -0.05) is 48.5 Å². The first-order valence-corrected chi connectivity index (χ1v) is 20.3. The third-order valence-electron chi connectivity index (χ3n) is 10.2. The first kappa shape index (κ1) is 46.0. The summed E-state index contributed by atoms with van der Waals surface area (Å²) in [7, 11) is 0. The fourth-order valence-corrected chi connectivity index (χ4v) is 6.75. The van der Waals surface area contributed by atoms with Crippen LogP contribution in [-0.4, -0.2) is 103 Å². The SMILES string of the molecule is C[C@H](NC(=O)[C@@H](Cc1c[nH]c2ccccc12)NC(=O)[C@@H](N)Cc1cnc[nH]1)C(=O)N[C@@H](Cc1ccc(O)cn1)C(=O)N[C@H](Cc1ccccc1)C(=O)N[C@@H](CCCCN)C(N)=O. The van der Waals surface area contributed by atoms with Crippen LogP contribution >= 0.6 is 0 Å². The number of nitrogens with one attached hydrogen (secondary N) is 7. The second-order valence-corrected chi connectivity index (χ2v) is 15.0. The number of aromatic hydroxyl groups is 1. The molecule has 328 valence electrons. The Morgan fingerprint density at radius 1 is 0.694 bits per heavy atom. The number of nitrogens with two attached hydrogens (primary N) is 3. The van der Waals surface area contributed by atoms with Crippen molar-refractivity contribution in [2.24, 2.45) is 17.2 Å². The van der Waals surface area contributed by atoms with Crippen LogP contribution in [0.15, 0.2) is 91.6 Å². The van der Waals surface area contributed by atoms with E-state index in [2.05, 4.69) is 46.5 Å². The fraction of sp³-hybridized carbons (Fsp3) is 0.349. The van der Waals surface area contributed by atoms with Gasteiger partial charge < -0.3 is 58.9 Å². The van der Waals surface area contributed by atoms with Crippen molar-refractivity contribution in [3.8, 4) is 5.75 Å². The van der Waals surface area contributed by atoms with Gasteiger partial charge in [0.1, 0.15) is 36.0 Å². The Kier molecular flexibility index (Phi) is 16.7. The van der Waals surface area contributed by atoms with E-state index in [0.29, 0.717) is 36.3 Å². The number of para-hydroxylation sites is 1. The maximum Gasteiger partial charge on any atom is 0.243 e. The van der Waals surface area contributed by atoms with Gasteiger partial charge in [0, 0.05) is 60.4 Å². The summed E-state index contributed by atoms with van der Waals surface area (Å²) in [6.45, 7) is 1.80. The van der Waals surface area contributed by atoms with E-state index in [1.807, 2.05) is 24.3 Å². The minimum Gasteiger partial charge on any atom is -0.506 e. The van der Waals surface area contributed by atoms with Gasteiger partial charge in [-0.25, -0.2) is 4.98 Å². The quantitative estimate of drug-likeness (QED) is 0.0378. The minimum atomic E-state index is -1.36. The molecule has 0 aliphatic carbocycles. The van der Waals surface area contributed by atoms with E-state index in [-0.39, 0.29) is 37.9 Å². The lowest BCUT2D eigenvalue weighted by molar-refractivity contribution is -0.134. The molecule has 5 aromatic rings. The molecule has 0 saturated heterocycles. The lowest BCUT2D eigenvalue weighted by Crippen LogP contribution is -2.60. The van der Waals surface area contributed by atoms with Gasteiger partial charge in [-0.3, -0.25) is 33.8 Å². The van der Waals surface area contributed by atoms with Gasteiger partial charge in [-0.05, 0) is 62.1 Å². The lowest BCUT2D eigenvalue weighted by Gasteiger charge is -2.26. The highest BCUT2D eigenvalue weighted by Gasteiger charge is 2.32. The number of H-pyrrole nitrogens is 2. The predicted octanol–water partition coefficient (Wildman–Crippen LogP) is -0.352. The summed E-state index contributed by atoms with van der Waals surface area (Å²) in [6, 6.07) is 12.1. The third kappa shape index (κ3) is 13.4. The summed E-state index contributed by atoms with van der Waals surface area (Å²) in [5.41, 5.74) is 20.6. The number of hydrogen-bond donors (Lipinski definition) is 11. The van der Waals surface area contributed by atoms with Crippen molar-refractivity contribution in [2.75, 3.05) is 6.54 Å². The zero-order valence-corrected chi connectivity index (χ0v) is 34.3. The number of amides is 6. The Labute approximate surface area is 357 Å². The number of imidazole rings is 1. The van der Waals surface area contributed by atoms with E-state index < -0.39 is 71.7 Å². The van der Waals surface area contributed by atoms with E-state index in [1.54, 1.807) is 42.7 Å². The Hall–Kier alpha value is -7.12. The Balaban J connectivity index is 1.34. The molecule has 19 nitrogen and oxygen atoms in total. The highest BCUT2D eigenvalue weighted by molar-refractivity contribution is 5.97. The molecule has 0 spiro atoms. The molecule has 6 atom stereocenters. The summed E-state index contributed by atoms with van der Waals surface area (Å²) in [4.78, 5) is 95.7. The number of fused-ring (bicyclic) bond motifs is 1. The molecule has 0 saturated carbocycles. The van der Waals surface area contributed by atoms with Crippen LogP contribution in [-0.2, 0) is 54.5 Å². The Morgan fingerprint density at radius 3 is 2.02 bits per heavy atom. The van der Waals surface area contributed by atoms with Crippen LogP contribution in [0.5, 0.6) is 5.75 Å². The van der Waals surface area contributed by atoms with Crippen LogP contribution in [0.3, 0.4) is 0 Å². The standard InChI is InChI=1S/C43H54N12O7/c1-25(51-41(60)36(18-27-21-49-33-12-6-5-11-31(27)33)54-40(59)32(45)19-29-22-47-24-50-29)39(58)53-37(20-28-14-15-30(56)23-48-28)43(62)55-35(17-26-9-3-2-4-10-26)42(61)52-34(38(46)57)13-7-8-16-44/h2-6,9-12,14-15,21-25,32,34-37,49,56H,7-8,13,16-20,44-45H2,1H3,(H2,46,57)(H,47,50)(H,51,60)(H,52,61)(H,53,58)(H,54,59)(H,55,62)/t25-,32-,34-,35+,36+,37-/m0/s1. The average molecular weight is 851 g/mol. The molecule has 0 radical (unpaired) electrons. The third-order valence-corrected chi connectivity index (χ3v) is 10.2. The molecule has 0 aliphatic heterocycles. The number of hydrogen-bond acceptors (Lipinski definition) is 11. The summed E-state index contributed by atoms with van der Waals surface area (Å²) in [5, 5.41) is 24.1. The monoisotopic (exact) mass is 850 g/mol. The second-order valence-electron chi connectivity index (χ2n) is 15.0. The topological polar surface area (TPSA) is 318 Å². The van der Waals surface area contributed by atoms with E-state index in [1.165, 1.54) is 31.6 Å². The fourth-order valence-electron chi connectivity index (χ4n) is 6.75. The second kappa shape index (κ2) is 22.5. The maximum atomic E-state index is 14.2. The van der Waals surface area contributed by atoms with Gasteiger partial charge in [0.2, 0.25) is 35.4 Å². The molecule has 0 unspecified atom stereocenters. The summed E-state index contributed by atoms with van der Waals surface area (Å²) >= 11 is 0. The van der Waals surface area contributed by atoms with Crippen molar-refractivity contribution in [3.05, 3.63) is 114 Å². The van der Waals surface area contributed by atoms with Gasteiger partial charge >= 0.3 is 0 Å². The van der Waals surface area contributed by atoms with E-state index in [4.69, 9.17) is 17.2 Å². The molecule has 2 aromatic carbocycles.